The number of likely N-dealkylation sites (tertiary alicyclic amines) is 2. The van der Waals surface area contributed by atoms with Crippen LogP contribution in [0.2, 0.25) is 0 Å². The highest BCUT2D eigenvalue weighted by molar-refractivity contribution is 5.88. The Morgan fingerprint density at radius 2 is 1.72 bits per heavy atom. The van der Waals surface area contributed by atoms with Crippen LogP contribution in [0.3, 0.4) is 0 Å². The molecule has 0 aliphatic carbocycles. The van der Waals surface area contributed by atoms with Crippen LogP contribution in [0.15, 0.2) is 30.4 Å². The van der Waals surface area contributed by atoms with Crippen LogP contribution in [-0.2, 0) is 25.5 Å². The number of carbonyl (C=O) groups excluding carboxylic acids is 3. The minimum absolute atomic E-state index is 0.136. The van der Waals surface area contributed by atoms with Gasteiger partial charge in [-0.05, 0) is 89.0 Å². The molecule has 1 aromatic rings. The average molecular weight is 602 g/mol. The van der Waals surface area contributed by atoms with Crippen LogP contribution in [0.1, 0.15) is 64.9 Å². The van der Waals surface area contributed by atoms with Gasteiger partial charge in [0.1, 0.15) is 5.60 Å². The molecule has 238 valence electrons. The molecule has 3 rings (SSSR count). The lowest BCUT2D eigenvalue weighted by atomic mass is 9.94. The van der Waals surface area contributed by atoms with Gasteiger partial charge in [0.25, 0.3) is 0 Å². The van der Waals surface area contributed by atoms with Crippen molar-refractivity contribution in [3.05, 3.63) is 35.9 Å². The zero-order valence-electron chi connectivity index (χ0n) is 26.1. The molecule has 2 saturated heterocycles. The first kappa shape index (κ1) is 33.7. The second-order valence-corrected chi connectivity index (χ2v) is 12.3. The van der Waals surface area contributed by atoms with Gasteiger partial charge in [-0.3, -0.25) is 14.4 Å². The largest absolute Gasteiger partial charge is 0.493 e. The first-order chi connectivity index (χ1) is 20.4. The van der Waals surface area contributed by atoms with E-state index in [0.717, 1.165) is 18.4 Å². The number of carboxylic acids is 1. The number of benzene rings is 1. The van der Waals surface area contributed by atoms with Gasteiger partial charge in [0.2, 0.25) is 11.8 Å². The number of carboxylic acid groups (broad SMARTS) is 1. The lowest BCUT2D eigenvalue weighted by Crippen LogP contribution is -2.47. The van der Waals surface area contributed by atoms with E-state index in [1.54, 1.807) is 36.2 Å². The summed E-state index contributed by atoms with van der Waals surface area (Å²) in [6.07, 6.45) is 6.83. The zero-order valence-corrected chi connectivity index (χ0v) is 26.1. The van der Waals surface area contributed by atoms with Crippen LogP contribution < -0.4 is 14.8 Å². The van der Waals surface area contributed by atoms with Crippen molar-refractivity contribution in [3.63, 3.8) is 0 Å². The second kappa shape index (κ2) is 15.6. The molecule has 0 radical (unpaired) electrons. The van der Waals surface area contributed by atoms with E-state index in [1.165, 1.54) is 0 Å². The molecule has 43 heavy (non-hydrogen) atoms. The summed E-state index contributed by atoms with van der Waals surface area (Å²) < 4.78 is 16.1. The maximum Gasteiger partial charge on any atom is 0.410 e. The predicted molar refractivity (Wildman–Crippen MR) is 161 cm³/mol. The zero-order chi connectivity index (χ0) is 31.6. The third-order valence-corrected chi connectivity index (χ3v) is 7.80. The average Bonchev–Trinajstić information content (AvgIpc) is 2.97. The van der Waals surface area contributed by atoms with Gasteiger partial charge in [0.15, 0.2) is 11.5 Å². The Kier molecular flexibility index (Phi) is 12.3. The molecule has 0 aromatic heterocycles. The number of allylic oxidation sites excluding steroid dienone is 1. The number of aliphatic carboxylic acids is 1. The fourth-order valence-electron chi connectivity index (χ4n) is 5.45. The van der Waals surface area contributed by atoms with E-state index in [0.29, 0.717) is 63.4 Å². The number of amides is 3. The molecular weight excluding hydrogens is 554 g/mol. The first-order valence-corrected chi connectivity index (χ1v) is 15.1. The third-order valence-electron chi connectivity index (χ3n) is 7.80. The lowest BCUT2D eigenvalue weighted by Gasteiger charge is -2.33. The summed E-state index contributed by atoms with van der Waals surface area (Å²) >= 11 is 0. The summed E-state index contributed by atoms with van der Waals surface area (Å²) in [5, 5.41) is 12.4. The van der Waals surface area contributed by atoms with Crippen molar-refractivity contribution in [3.8, 4) is 11.5 Å². The lowest BCUT2D eigenvalue weighted by molar-refractivity contribution is -0.138. The molecule has 2 fully saturated rings. The number of ether oxygens (including phenoxy) is 3. The summed E-state index contributed by atoms with van der Waals surface area (Å²) in [4.78, 5) is 53.4. The Hall–Kier alpha value is -3.76. The minimum Gasteiger partial charge on any atom is -0.493 e. The van der Waals surface area contributed by atoms with Crippen LogP contribution in [-0.4, -0.2) is 90.8 Å². The van der Waals surface area contributed by atoms with E-state index in [4.69, 9.17) is 14.2 Å². The molecule has 2 aliphatic heterocycles. The molecule has 2 atom stereocenters. The van der Waals surface area contributed by atoms with Crippen molar-refractivity contribution in [1.82, 2.24) is 15.1 Å². The van der Waals surface area contributed by atoms with Gasteiger partial charge in [-0.15, -0.1) is 0 Å². The molecule has 3 amide bonds. The number of methoxy groups -OCH3 is 2. The highest BCUT2D eigenvalue weighted by atomic mass is 16.6. The van der Waals surface area contributed by atoms with Crippen molar-refractivity contribution in [2.75, 3.05) is 40.4 Å². The van der Waals surface area contributed by atoms with Gasteiger partial charge in [-0.1, -0.05) is 12.1 Å². The van der Waals surface area contributed by atoms with Gasteiger partial charge in [-0.25, -0.2) is 4.79 Å². The normalized spacial score (nSPS) is 18.7. The number of nitrogens with zero attached hydrogens (tertiary/aromatic N) is 2. The molecule has 0 bridgehead atoms. The van der Waals surface area contributed by atoms with E-state index in [2.05, 4.69) is 5.32 Å². The molecule has 0 spiro atoms. The maximum absolute atomic E-state index is 13.2. The number of nitrogens with one attached hydrogen (secondary N) is 1. The fourth-order valence-corrected chi connectivity index (χ4v) is 5.45. The Balaban J connectivity index is 1.50. The Morgan fingerprint density at radius 3 is 2.35 bits per heavy atom. The third kappa shape index (κ3) is 10.8. The summed E-state index contributed by atoms with van der Waals surface area (Å²) in [7, 11) is 3.12. The van der Waals surface area contributed by atoms with Gasteiger partial charge in [0, 0.05) is 32.2 Å². The van der Waals surface area contributed by atoms with Crippen molar-refractivity contribution in [2.45, 2.75) is 77.4 Å². The van der Waals surface area contributed by atoms with E-state index in [9.17, 15) is 24.3 Å². The second-order valence-electron chi connectivity index (χ2n) is 12.3. The monoisotopic (exact) mass is 601 g/mol. The smallest absolute Gasteiger partial charge is 0.410 e. The molecule has 1 aromatic carbocycles. The molecule has 1 unspecified atom stereocenters. The summed E-state index contributed by atoms with van der Waals surface area (Å²) in [5.74, 6) is -0.366. The highest BCUT2D eigenvalue weighted by Gasteiger charge is 2.30. The van der Waals surface area contributed by atoms with Gasteiger partial charge in [0.05, 0.1) is 26.6 Å². The summed E-state index contributed by atoms with van der Waals surface area (Å²) in [6.45, 7) is 7.55. The standard InChI is InChI=1S/C32H47N3O8/c1-32(2,3)43-31(40)34-17-14-22(15-18-34)10-13-28(36)35-16-6-7-24(21-35)30(39)33-25(20-29(37)38)11-8-23-9-12-26(41-4)27(19-23)42-5/h9-10,12-13,19,22,24-25H,6-8,11,14-18,20-21H2,1-5H3,(H,33,39)(H,37,38)/b13-10+/t24-,25?/m1/s1. The number of aryl methyl sites for hydroxylation is 1. The molecule has 2 heterocycles. The summed E-state index contributed by atoms with van der Waals surface area (Å²) in [5.41, 5.74) is 0.408. The van der Waals surface area contributed by atoms with Crippen LogP contribution in [0, 0.1) is 11.8 Å². The molecule has 2 N–H and O–H groups in total. The number of carbonyl (C=O) groups is 4. The van der Waals surface area contributed by atoms with Crippen molar-refractivity contribution >= 4 is 23.9 Å². The van der Waals surface area contributed by atoms with Crippen LogP contribution >= 0.6 is 0 Å². The number of hydrogen-bond acceptors (Lipinski definition) is 7. The Bertz CT molecular complexity index is 1150. The van der Waals surface area contributed by atoms with Gasteiger partial charge >= 0.3 is 12.1 Å². The minimum atomic E-state index is -0.986. The van der Waals surface area contributed by atoms with Crippen LogP contribution in [0.5, 0.6) is 11.5 Å². The van der Waals surface area contributed by atoms with E-state index >= 15 is 0 Å². The molecule has 2 aliphatic rings. The maximum atomic E-state index is 13.2. The summed E-state index contributed by atoms with van der Waals surface area (Å²) in [6, 6.07) is 4.99. The van der Waals surface area contributed by atoms with Crippen LogP contribution in [0.25, 0.3) is 0 Å². The number of hydrogen-bond donors (Lipinski definition) is 2. The van der Waals surface area contributed by atoms with E-state index < -0.39 is 23.5 Å². The van der Waals surface area contributed by atoms with E-state index in [-0.39, 0.29) is 30.2 Å². The van der Waals surface area contributed by atoms with E-state index in [1.807, 2.05) is 39.0 Å². The Morgan fingerprint density at radius 1 is 1.02 bits per heavy atom. The molecule has 11 heteroatoms. The Labute approximate surface area is 254 Å². The molecule has 0 saturated carbocycles. The fraction of sp³-hybridized carbons (Fsp3) is 0.625. The quantitative estimate of drug-likeness (QED) is 0.363. The van der Waals surface area contributed by atoms with Crippen molar-refractivity contribution in [2.24, 2.45) is 11.8 Å². The van der Waals surface area contributed by atoms with Gasteiger partial charge < -0.3 is 34.4 Å². The molecule has 11 nitrogen and oxygen atoms in total. The molecular formula is C32H47N3O8. The van der Waals surface area contributed by atoms with Crippen molar-refractivity contribution < 1.29 is 38.5 Å². The van der Waals surface area contributed by atoms with Gasteiger partial charge in [-0.2, -0.15) is 0 Å². The van der Waals surface area contributed by atoms with Crippen molar-refractivity contribution in [1.29, 1.82) is 0 Å². The topological polar surface area (TPSA) is 135 Å². The first-order valence-electron chi connectivity index (χ1n) is 15.1. The van der Waals surface area contributed by atoms with Crippen LogP contribution in [0.4, 0.5) is 4.79 Å². The highest BCUT2D eigenvalue weighted by Crippen LogP contribution is 2.28. The number of piperidine rings is 2. The SMILES string of the molecule is COc1ccc(CCC(CC(=O)O)NC(=O)[C@@H]2CCCN(C(=O)/C=C/C3CCN(C(=O)OC(C)(C)C)CC3)C2)cc1OC. The predicted octanol–water partition coefficient (Wildman–Crippen LogP) is 4.04. The number of rotatable bonds is 11.